The summed E-state index contributed by atoms with van der Waals surface area (Å²) in [5, 5.41) is 4.31. The van der Waals surface area contributed by atoms with Crippen LogP contribution in [0, 0.1) is 0 Å². The molecule has 0 saturated carbocycles. The third-order valence-electron chi connectivity index (χ3n) is 2.79. The molecule has 0 bridgehead atoms. The normalized spacial score (nSPS) is 12.5. The van der Waals surface area contributed by atoms with Gasteiger partial charge in [-0.25, -0.2) is 0 Å². The highest BCUT2D eigenvalue weighted by molar-refractivity contribution is 6.30. The monoisotopic (exact) mass is 255 g/mol. The van der Waals surface area contributed by atoms with Gasteiger partial charge in [0.1, 0.15) is 5.75 Å². The van der Waals surface area contributed by atoms with Crippen molar-refractivity contribution in [2.45, 2.75) is 39.2 Å². The summed E-state index contributed by atoms with van der Waals surface area (Å²) in [5.74, 6) is 0.913. The molecule has 1 aromatic carbocycles. The molecule has 1 atom stereocenters. The third kappa shape index (κ3) is 4.21. The average Bonchev–Trinajstić information content (AvgIpc) is 2.34. The number of rotatable bonds is 7. The molecule has 1 N–H and O–H groups in total. The third-order valence-corrected chi connectivity index (χ3v) is 3.02. The number of benzene rings is 1. The van der Waals surface area contributed by atoms with E-state index in [4.69, 9.17) is 16.3 Å². The van der Waals surface area contributed by atoms with Crippen molar-refractivity contribution in [2.24, 2.45) is 0 Å². The van der Waals surface area contributed by atoms with Gasteiger partial charge in [-0.1, -0.05) is 31.9 Å². The summed E-state index contributed by atoms with van der Waals surface area (Å²) in [5.41, 5.74) is 1.16. The lowest BCUT2D eigenvalue weighted by molar-refractivity contribution is 0.394. The molecule has 0 amide bonds. The Morgan fingerprint density at radius 1 is 1.29 bits per heavy atom. The molecule has 0 heterocycles. The highest BCUT2D eigenvalue weighted by Gasteiger charge is 2.15. The van der Waals surface area contributed by atoms with Gasteiger partial charge in [0.05, 0.1) is 7.11 Å². The van der Waals surface area contributed by atoms with E-state index in [0.29, 0.717) is 6.04 Å². The Morgan fingerprint density at radius 2 is 2.06 bits per heavy atom. The highest BCUT2D eigenvalue weighted by atomic mass is 35.5. The van der Waals surface area contributed by atoms with Gasteiger partial charge in [-0.3, -0.25) is 0 Å². The minimum absolute atomic E-state index is 0.327. The van der Waals surface area contributed by atoms with Crippen LogP contribution in [0.1, 0.15) is 44.7 Å². The van der Waals surface area contributed by atoms with E-state index in [1.807, 2.05) is 18.2 Å². The fourth-order valence-corrected chi connectivity index (χ4v) is 2.13. The molecule has 17 heavy (non-hydrogen) atoms. The van der Waals surface area contributed by atoms with Crippen molar-refractivity contribution < 1.29 is 4.74 Å². The summed E-state index contributed by atoms with van der Waals surface area (Å²) in [4.78, 5) is 0. The van der Waals surface area contributed by atoms with E-state index in [2.05, 4.69) is 19.2 Å². The maximum absolute atomic E-state index is 6.07. The van der Waals surface area contributed by atoms with Crippen LogP contribution < -0.4 is 10.1 Å². The molecule has 1 aromatic rings. The van der Waals surface area contributed by atoms with Crippen molar-refractivity contribution in [1.29, 1.82) is 0 Å². The average molecular weight is 256 g/mol. The highest BCUT2D eigenvalue weighted by Crippen LogP contribution is 2.30. The summed E-state index contributed by atoms with van der Waals surface area (Å²) in [6.45, 7) is 5.38. The van der Waals surface area contributed by atoms with E-state index in [1.165, 1.54) is 0 Å². The molecule has 0 aliphatic heterocycles. The van der Waals surface area contributed by atoms with E-state index in [-0.39, 0.29) is 0 Å². The van der Waals surface area contributed by atoms with Gasteiger partial charge in [0.2, 0.25) is 0 Å². The zero-order valence-electron chi connectivity index (χ0n) is 10.9. The van der Waals surface area contributed by atoms with Gasteiger partial charge in [-0.2, -0.15) is 0 Å². The summed E-state index contributed by atoms with van der Waals surface area (Å²) >= 11 is 6.07. The van der Waals surface area contributed by atoms with Crippen LogP contribution >= 0.6 is 11.6 Å². The van der Waals surface area contributed by atoms with Gasteiger partial charge in [0.15, 0.2) is 0 Å². The van der Waals surface area contributed by atoms with Gasteiger partial charge in [0, 0.05) is 16.6 Å². The van der Waals surface area contributed by atoms with Crippen LogP contribution in [0.3, 0.4) is 0 Å². The number of methoxy groups -OCH3 is 1. The van der Waals surface area contributed by atoms with Gasteiger partial charge >= 0.3 is 0 Å². The van der Waals surface area contributed by atoms with Gasteiger partial charge in [-0.05, 0) is 37.6 Å². The standard InChI is InChI=1S/C14H22ClNO/c1-4-6-13(16-9-5-2)12-10-11(15)7-8-14(12)17-3/h7-8,10,13,16H,4-6,9H2,1-3H3. The van der Waals surface area contributed by atoms with Gasteiger partial charge in [0.25, 0.3) is 0 Å². The number of ether oxygens (including phenoxy) is 1. The van der Waals surface area contributed by atoms with Crippen molar-refractivity contribution in [1.82, 2.24) is 5.32 Å². The Hall–Kier alpha value is -0.730. The van der Waals surface area contributed by atoms with Crippen LogP contribution in [-0.4, -0.2) is 13.7 Å². The Bertz CT molecular complexity index is 341. The van der Waals surface area contributed by atoms with Crippen molar-refractivity contribution in [2.75, 3.05) is 13.7 Å². The first-order valence-electron chi connectivity index (χ1n) is 6.29. The summed E-state index contributed by atoms with van der Waals surface area (Å²) < 4.78 is 5.41. The Kier molecular flexibility index (Phi) is 6.38. The molecule has 0 aliphatic carbocycles. The van der Waals surface area contributed by atoms with Crippen LogP contribution in [0.4, 0.5) is 0 Å². The van der Waals surface area contributed by atoms with E-state index < -0.39 is 0 Å². The predicted octanol–water partition coefficient (Wildman–Crippen LogP) is 4.19. The van der Waals surface area contributed by atoms with Crippen LogP contribution in [0.25, 0.3) is 0 Å². The zero-order chi connectivity index (χ0) is 12.7. The molecule has 0 aliphatic rings. The quantitative estimate of drug-likeness (QED) is 0.789. The van der Waals surface area contributed by atoms with Crippen LogP contribution in [-0.2, 0) is 0 Å². The fourth-order valence-electron chi connectivity index (χ4n) is 1.95. The zero-order valence-corrected chi connectivity index (χ0v) is 11.7. The molecule has 3 heteroatoms. The van der Waals surface area contributed by atoms with Gasteiger partial charge < -0.3 is 10.1 Å². The van der Waals surface area contributed by atoms with E-state index in [9.17, 15) is 0 Å². The second-order valence-electron chi connectivity index (χ2n) is 4.18. The molecule has 1 unspecified atom stereocenters. The van der Waals surface area contributed by atoms with Crippen molar-refractivity contribution >= 4 is 11.6 Å². The molecule has 1 rings (SSSR count). The minimum Gasteiger partial charge on any atom is -0.496 e. The van der Waals surface area contributed by atoms with E-state index in [0.717, 1.165) is 42.1 Å². The Balaban J connectivity index is 2.93. The Morgan fingerprint density at radius 3 is 2.65 bits per heavy atom. The van der Waals surface area contributed by atoms with Gasteiger partial charge in [-0.15, -0.1) is 0 Å². The molecule has 0 spiro atoms. The minimum atomic E-state index is 0.327. The van der Waals surface area contributed by atoms with Crippen molar-refractivity contribution in [3.05, 3.63) is 28.8 Å². The first kappa shape index (κ1) is 14.3. The van der Waals surface area contributed by atoms with Crippen LogP contribution in [0.15, 0.2) is 18.2 Å². The second kappa shape index (κ2) is 7.57. The lowest BCUT2D eigenvalue weighted by atomic mass is 10.0. The van der Waals surface area contributed by atoms with E-state index in [1.54, 1.807) is 7.11 Å². The van der Waals surface area contributed by atoms with Crippen molar-refractivity contribution in [3.63, 3.8) is 0 Å². The fraction of sp³-hybridized carbons (Fsp3) is 0.571. The topological polar surface area (TPSA) is 21.3 Å². The number of hydrogen-bond donors (Lipinski definition) is 1. The molecule has 0 fully saturated rings. The lowest BCUT2D eigenvalue weighted by Crippen LogP contribution is -2.22. The van der Waals surface area contributed by atoms with Crippen molar-refractivity contribution in [3.8, 4) is 5.75 Å². The molecule has 0 aromatic heterocycles. The molecule has 0 saturated heterocycles. The predicted molar refractivity (Wildman–Crippen MR) is 73.9 cm³/mol. The SMILES string of the molecule is CCCNC(CCC)c1cc(Cl)ccc1OC. The number of nitrogens with one attached hydrogen (secondary N) is 1. The summed E-state index contributed by atoms with van der Waals surface area (Å²) in [7, 11) is 1.70. The summed E-state index contributed by atoms with van der Waals surface area (Å²) in [6, 6.07) is 6.14. The molecular formula is C14H22ClNO. The molecule has 0 radical (unpaired) electrons. The van der Waals surface area contributed by atoms with Crippen LogP contribution in [0.5, 0.6) is 5.75 Å². The molecule has 2 nitrogen and oxygen atoms in total. The maximum Gasteiger partial charge on any atom is 0.123 e. The first-order chi connectivity index (χ1) is 8.22. The lowest BCUT2D eigenvalue weighted by Gasteiger charge is -2.21. The molecule has 96 valence electrons. The van der Waals surface area contributed by atoms with E-state index >= 15 is 0 Å². The molecular weight excluding hydrogens is 234 g/mol. The Labute approximate surface area is 109 Å². The number of hydrogen-bond acceptors (Lipinski definition) is 2. The maximum atomic E-state index is 6.07. The second-order valence-corrected chi connectivity index (χ2v) is 4.62. The number of halogens is 1. The largest absolute Gasteiger partial charge is 0.496 e. The summed E-state index contributed by atoms with van der Waals surface area (Å²) in [6.07, 6.45) is 3.36. The smallest absolute Gasteiger partial charge is 0.123 e. The van der Waals surface area contributed by atoms with Crippen LogP contribution in [0.2, 0.25) is 5.02 Å². The first-order valence-corrected chi connectivity index (χ1v) is 6.67.